The minimum Gasteiger partial charge on any atom is -0.454 e. The molecule has 0 saturated heterocycles. The highest BCUT2D eigenvalue weighted by Gasteiger charge is 2.15. The molecule has 3 nitrogen and oxygen atoms in total. The Bertz CT molecular complexity index is 376. The van der Waals surface area contributed by atoms with E-state index in [9.17, 15) is 0 Å². The molecule has 1 aliphatic rings. The second-order valence-electron chi connectivity index (χ2n) is 3.10. The number of ether oxygens (including phenoxy) is 3. The van der Waals surface area contributed by atoms with Gasteiger partial charge in [0.15, 0.2) is 11.5 Å². The maximum Gasteiger partial charge on any atom is 0.231 e. The molecule has 1 aromatic rings. The van der Waals surface area contributed by atoms with Gasteiger partial charge in [0.25, 0.3) is 0 Å². The van der Waals surface area contributed by atoms with Crippen LogP contribution in [0.1, 0.15) is 5.56 Å². The van der Waals surface area contributed by atoms with Crippen LogP contribution in [0.25, 0.3) is 0 Å². The van der Waals surface area contributed by atoms with Crippen LogP contribution in [-0.2, 0) is 11.3 Å². The SMILES string of the molecule is C=CCOCc1cc2c(cc1Br)OCO2. The predicted molar refractivity (Wildman–Crippen MR) is 60.1 cm³/mol. The Labute approximate surface area is 96.8 Å². The fourth-order valence-corrected chi connectivity index (χ4v) is 1.76. The number of fused-ring (bicyclic) bond motifs is 1. The van der Waals surface area contributed by atoms with E-state index >= 15 is 0 Å². The van der Waals surface area contributed by atoms with E-state index in [0.29, 0.717) is 20.0 Å². The van der Waals surface area contributed by atoms with Crippen molar-refractivity contribution in [2.75, 3.05) is 13.4 Å². The van der Waals surface area contributed by atoms with Gasteiger partial charge >= 0.3 is 0 Å². The van der Waals surface area contributed by atoms with E-state index in [-0.39, 0.29) is 0 Å². The maximum absolute atomic E-state index is 5.37. The van der Waals surface area contributed by atoms with Gasteiger partial charge in [0.2, 0.25) is 6.79 Å². The first-order chi connectivity index (χ1) is 7.31. The summed E-state index contributed by atoms with van der Waals surface area (Å²) in [4.78, 5) is 0. The van der Waals surface area contributed by atoms with Gasteiger partial charge in [-0.15, -0.1) is 6.58 Å². The molecule has 80 valence electrons. The highest BCUT2D eigenvalue weighted by molar-refractivity contribution is 9.10. The fraction of sp³-hybridized carbons (Fsp3) is 0.273. The van der Waals surface area contributed by atoms with Gasteiger partial charge in [-0.05, 0) is 17.7 Å². The van der Waals surface area contributed by atoms with E-state index in [0.717, 1.165) is 21.5 Å². The zero-order chi connectivity index (χ0) is 10.7. The molecule has 4 heteroatoms. The van der Waals surface area contributed by atoms with Crippen molar-refractivity contribution in [1.29, 1.82) is 0 Å². The van der Waals surface area contributed by atoms with Crippen LogP contribution in [-0.4, -0.2) is 13.4 Å². The predicted octanol–water partition coefficient (Wildman–Crippen LogP) is 2.88. The molecular formula is C11H11BrO3. The summed E-state index contributed by atoms with van der Waals surface area (Å²) < 4.78 is 16.9. The first-order valence-corrected chi connectivity index (χ1v) is 5.37. The molecule has 0 unspecified atom stereocenters. The lowest BCUT2D eigenvalue weighted by Gasteiger charge is -2.06. The number of hydrogen-bond acceptors (Lipinski definition) is 3. The van der Waals surface area contributed by atoms with E-state index in [4.69, 9.17) is 14.2 Å². The van der Waals surface area contributed by atoms with Crippen molar-refractivity contribution in [3.05, 3.63) is 34.8 Å². The lowest BCUT2D eigenvalue weighted by molar-refractivity contribution is 0.148. The van der Waals surface area contributed by atoms with Crippen LogP contribution < -0.4 is 9.47 Å². The molecule has 0 saturated carbocycles. The van der Waals surface area contributed by atoms with Gasteiger partial charge < -0.3 is 14.2 Å². The van der Waals surface area contributed by atoms with Crippen molar-refractivity contribution in [1.82, 2.24) is 0 Å². The first-order valence-electron chi connectivity index (χ1n) is 4.58. The highest BCUT2D eigenvalue weighted by Crippen LogP contribution is 2.37. The van der Waals surface area contributed by atoms with Gasteiger partial charge in [-0.3, -0.25) is 0 Å². The van der Waals surface area contributed by atoms with Crippen LogP contribution in [0.2, 0.25) is 0 Å². The summed E-state index contributed by atoms with van der Waals surface area (Å²) in [5, 5.41) is 0. The molecule has 0 spiro atoms. The first kappa shape index (κ1) is 10.5. The van der Waals surface area contributed by atoms with E-state index < -0.39 is 0 Å². The summed E-state index contributed by atoms with van der Waals surface area (Å²) in [7, 11) is 0. The van der Waals surface area contributed by atoms with Crippen LogP contribution in [0, 0.1) is 0 Å². The second kappa shape index (κ2) is 4.68. The van der Waals surface area contributed by atoms with Crippen molar-refractivity contribution in [3.63, 3.8) is 0 Å². The molecule has 0 aromatic heterocycles. The van der Waals surface area contributed by atoms with Gasteiger partial charge in [-0.2, -0.15) is 0 Å². The van der Waals surface area contributed by atoms with E-state index in [1.165, 1.54) is 0 Å². The molecule has 0 fully saturated rings. The molecule has 1 heterocycles. The van der Waals surface area contributed by atoms with Gasteiger partial charge in [0.1, 0.15) is 0 Å². The molecule has 0 amide bonds. The lowest BCUT2D eigenvalue weighted by atomic mass is 10.2. The molecular weight excluding hydrogens is 260 g/mol. The second-order valence-corrected chi connectivity index (χ2v) is 3.96. The minimum atomic E-state index is 0.290. The Kier molecular flexibility index (Phi) is 3.28. The Hall–Kier alpha value is -1.00. The monoisotopic (exact) mass is 270 g/mol. The number of rotatable bonds is 4. The third kappa shape index (κ3) is 2.33. The average Bonchev–Trinajstić information content (AvgIpc) is 2.65. The Balaban J connectivity index is 2.13. The van der Waals surface area contributed by atoms with Crippen LogP contribution in [0.5, 0.6) is 11.5 Å². The zero-order valence-electron chi connectivity index (χ0n) is 8.16. The summed E-state index contributed by atoms with van der Waals surface area (Å²) in [6.07, 6.45) is 1.72. The summed E-state index contributed by atoms with van der Waals surface area (Å²) in [5.74, 6) is 1.55. The van der Waals surface area contributed by atoms with E-state index in [2.05, 4.69) is 22.5 Å². The minimum absolute atomic E-state index is 0.290. The van der Waals surface area contributed by atoms with Crippen molar-refractivity contribution < 1.29 is 14.2 Å². The summed E-state index contributed by atoms with van der Waals surface area (Å²) in [6, 6.07) is 3.82. The molecule has 0 N–H and O–H groups in total. The van der Waals surface area contributed by atoms with Gasteiger partial charge in [0.05, 0.1) is 13.2 Å². The van der Waals surface area contributed by atoms with E-state index in [1.54, 1.807) is 6.08 Å². The lowest BCUT2D eigenvalue weighted by Crippen LogP contribution is -1.94. The van der Waals surface area contributed by atoms with Gasteiger partial charge in [-0.25, -0.2) is 0 Å². The summed E-state index contributed by atoms with van der Waals surface area (Å²) in [5.41, 5.74) is 1.04. The summed E-state index contributed by atoms with van der Waals surface area (Å²) in [6.45, 7) is 4.95. The molecule has 0 radical (unpaired) electrons. The number of benzene rings is 1. The largest absolute Gasteiger partial charge is 0.454 e. The molecule has 1 aliphatic heterocycles. The van der Waals surface area contributed by atoms with Crippen molar-refractivity contribution in [3.8, 4) is 11.5 Å². The molecule has 0 aliphatic carbocycles. The fourth-order valence-electron chi connectivity index (χ4n) is 1.32. The standard InChI is InChI=1S/C11H11BrO3/c1-2-3-13-6-8-4-10-11(5-9(8)12)15-7-14-10/h2,4-5H,1,3,6-7H2. The Morgan fingerprint density at radius 3 is 2.87 bits per heavy atom. The van der Waals surface area contributed by atoms with Gasteiger partial charge in [-0.1, -0.05) is 22.0 Å². The van der Waals surface area contributed by atoms with Crippen molar-refractivity contribution in [2.45, 2.75) is 6.61 Å². The van der Waals surface area contributed by atoms with Crippen LogP contribution >= 0.6 is 15.9 Å². The topological polar surface area (TPSA) is 27.7 Å². The van der Waals surface area contributed by atoms with Crippen LogP contribution in [0.15, 0.2) is 29.3 Å². The molecule has 0 atom stereocenters. The third-order valence-corrected chi connectivity index (χ3v) is 2.77. The van der Waals surface area contributed by atoms with Crippen LogP contribution in [0.4, 0.5) is 0 Å². The Morgan fingerprint density at radius 1 is 1.40 bits per heavy atom. The van der Waals surface area contributed by atoms with Crippen molar-refractivity contribution >= 4 is 15.9 Å². The normalized spacial score (nSPS) is 12.9. The smallest absolute Gasteiger partial charge is 0.231 e. The molecule has 1 aromatic carbocycles. The molecule has 15 heavy (non-hydrogen) atoms. The number of halogens is 1. The van der Waals surface area contributed by atoms with E-state index in [1.807, 2.05) is 12.1 Å². The summed E-state index contributed by atoms with van der Waals surface area (Å²) >= 11 is 3.46. The maximum atomic E-state index is 5.37. The number of hydrogen-bond donors (Lipinski definition) is 0. The molecule has 0 bridgehead atoms. The quantitative estimate of drug-likeness (QED) is 0.622. The van der Waals surface area contributed by atoms with Crippen LogP contribution in [0.3, 0.4) is 0 Å². The van der Waals surface area contributed by atoms with Gasteiger partial charge in [0, 0.05) is 4.47 Å². The Morgan fingerprint density at radius 2 is 2.13 bits per heavy atom. The molecule has 2 rings (SSSR count). The zero-order valence-corrected chi connectivity index (χ0v) is 9.75. The average molecular weight is 271 g/mol. The third-order valence-electron chi connectivity index (χ3n) is 2.03. The highest BCUT2D eigenvalue weighted by atomic mass is 79.9. The van der Waals surface area contributed by atoms with Crippen molar-refractivity contribution in [2.24, 2.45) is 0 Å².